The molecule has 0 aliphatic heterocycles. The molecule has 0 unspecified atom stereocenters. The normalized spacial score (nSPS) is 11.8. The highest BCUT2D eigenvalue weighted by Gasteiger charge is 1.98. The van der Waals surface area contributed by atoms with Gasteiger partial charge in [0.1, 0.15) is 5.82 Å². The third kappa shape index (κ3) is 1.84. The zero-order valence-electron chi connectivity index (χ0n) is 7.81. The Morgan fingerprint density at radius 3 is 2.58 bits per heavy atom. The summed E-state index contributed by atoms with van der Waals surface area (Å²) in [5.74, 6) is 0.905. The molecular weight excluding hydrogens is 148 g/mol. The van der Waals surface area contributed by atoms with Crippen LogP contribution in [-0.4, -0.2) is 9.97 Å². The zero-order chi connectivity index (χ0) is 9.14. The number of hydrogen-bond donors (Lipinski definition) is 1. The molecular formula is C10H14N2. The van der Waals surface area contributed by atoms with E-state index in [0.717, 1.165) is 22.8 Å². The molecule has 0 aliphatic carbocycles. The van der Waals surface area contributed by atoms with Gasteiger partial charge in [0.15, 0.2) is 0 Å². The second-order valence-corrected chi connectivity index (χ2v) is 2.92. The SMILES string of the molecule is C=C/C(C)=C\c1nc(C)c(C)[nH]1. The number of rotatable bonds is 2. The standard InChI is InChI=1S/C10H14N2/c1-5-7(2)6-10-11-8(3)9(4)12-10/h5-6H,1H2,2-4H3,(H,11,12)/b7-6-. The van der Waals surface area contributed by atoms with Crippen LogP contribution in [0.1, 0.15) is 24.1 Å². The molecule has 1 heterocycles. The van der Waals surface area contributed by atoms with Crippen LogP contribution in [0.2, 0.25) is 0 Å². The third-order valence-corrected chi connectivity index (χ3v) is 1.83. The Kier molecular flexibility index (Phi) is 2.48. The second kappa shape index (κ2) is 3.39. The molecule has 1 aromatic heterocycles. The first-order valence-corrected chi connectivity index (χ1v) is 3.97. The Bertz CT molecular complexity index is 299. The number of imidazole rings is 1. The van der Waals surface area contributed by atoms with Crippen molar-refractivity contribution < 1.29 is 0 Å². The number of nitrogens with one attached hydrogen (secondary N) is 1. The Labute approximate surface area is 73.0 Å². The Hall–Kier alpha value is -1.31. The monoisotopic (exact) mass is 162 g/mol. The molecule has 0 spiro atoms. The smallest absolute Gasteiger partial charge is 0.130 e. The first-order chi connectivity index (χ1) is 5.63. The second-order valence-electron chi connectivity index (χ2n) is 2.92. The van der Waals surface area contributed by atoms with Crippen molar-refractivity contribution in [3.63, 3.8) is 0 Å². The van der Waals surface area contributed by atoms with Gasteiger partial charge in [-0.15, -0.1) is 0 Å². The van der Waals surface area contributed by atoms with E-state index in [9.17, 15) is 0 Å². The predicted octanol–water partition coefficient (Wildman–Crippen LogP) is 2.62. The number of hydrogen-bond acceptors (Lipinski definition) is 1. The van der Waals surface area contributed by atoms with Crippen LogP contribution < -0.4 is 0 Å². The van der Waals surface area contributed by atoms with E-state index in [4.69, 9.17) is 0 Å². The average Bonchev–Trinajstić information content (AvgIpc) is 2.31. The largest absolute Gasteiger partial charge is 0.342 e. The van der Waals surface area contributed by atoms with Gasteiger partial charge >= 0.3 is 0 Å². The van der Waals surface area contributed by atoms with E-state index in [1.165, 1.54) is 0 Å². The van der Waals surface area contributed by atoms with Crippen LogP contribution in [0.25, 0.3) is 6.08 Å². The Morgan fingerprint density at radius 1 is 1.50 bits per heavy atom. The lowest BCUT2D eigenvalue weighted by Gasteiger charge is -1.87. The summed E-state index contributed by atoms with van der Waals surface area (Å²) in [5.41, 5.74) is 3.29. The lowest BCUT2D eigenvalue weighted by Crippen LogP contribution is -1.76. The van der Waals surface area contributed by atoms with Crippen molar-refractivity contribution in [1.82, 2.24) is 9.97 Å². The summed E-state index contributed by atoms with van der Waals surface area (Å²) in [4.78, 5) is 7.49. The van der Waals surface area contributed by atoms with E-state index in [2.05, 4.69) is 16.5 Å². The van der Waals surface area contributed by atoms with Gasteiger partial charge in [-0.05, 0) is 32.4 Å². The van der Waals surface area contributed by atoms with E-state index < -0.39 is 0 Å². The molecule has 1 rings (SSSR count). The van der Waals surface area contributed by atoms with Crippen LogP contribution in [-0.2, 0) is 0 Å². The number of aromatic amines is 1. The molecule has 0 saturated heterocycles. The summed E-state index contributed by atoms with van der Waals surface area (Å²) in [6.45, 7) is 9.69. The number of allylic oxidation sites excluding steroid dienone is 2. The van der Waals surface area contributed by atoms with Gasteiger partial charge in [-0.1, -0.05) is 12.7 Å². The van der Waals surface area contributed by atoms with Gasteiger partial charge in [0.25, 0.3) is 0 Å². The van der Waals surface area contributed by atoms with Crippen LogP contribution >= 0.6 is 0 Å². The highest BCUT2D eigenvalue weighted by molar-refractivity contribution is 5.49. The van der Waals surface area contributed by atoms with Gasteiger partial charge in [0, 0.05) is 5.69 Å². The summed E-state index contributed by atoms with van der Waals surface area (Å²) in [7, 11) is 0. The zero-order valence-corrected chi connectivity index (χ0v) is 7.81. The highest BCUT2D eigenvalue weighted by Crippen LogP contribution is 2.07. The summed E-state index contributed by atoms with van der Waals surface area (Å²) in [5, 5.41) is 0. The van der Waals surface area contributed by atoms with Gasteiger partial charge in [-0.3, -0.25) is 0 Å². The van der Waals surface area contributed by atoms with Crippen molar-refractivity contribution in [2.24, 2.45) is 0 Å². The van der Waals surface area contributed by atoms with Gasteiger partial charge in [0.05, 0.1) is 5.69 Å². The van der Waals surface area contributed by atoms with E-state index in [1.807, 2.05) is 32.9 Å². The van der Waals surface area contributed by atoms with Crippen LogP contribution in [0.5, 0.6) is 0 Å². The molecule has 2 nitrogen and oxygen atoms in total. The fourth-order valence-electron chi connectivity index (χ4n) is 0.918. The van der Waals surface area contributed by atoms with Crippen LogP contribution in [0.15, 0.2) is 18.2 Å². The van der Waals surface area contributed by atoms with Gasteiger partial charge in [-0.25, -0.2) is 4.98 Å². The molecule has 0 fully saturated rings. The third-order valence-electron chi connectivity index (χ3n) is 1.83. The number of aromatic nitrogens is 2. The maximum Gasteiger partial charge on any atom is 0.130 e. The van der Waals surface area contributed by atoms with Crippen LogP contribution in [0, 0.1) is 13.8 Å². The maximum atomic E-state index is 4.32. The van der Waals surface area contributed by atoms with Crippen molar-refractivity contribution in [3.05, 3.63) is 35.4 Å². The molecule has 1 aromatic rings. The van der Waals surface area contributed by atoms with Gasteiger partial charge in [-0.2, -0.15) is 0 Å². The minimum absolute atomic E-state index is 0.905. The van der Waals surface area contributed by atoms with E-state index in [-0.39, 0.29) is 0 Å². The van der Waals surface area contributed by atoms with Crippen molar-refractivity contribution in [1.29, 1.82) is 0 Å². The molecule has 2 heteroatoms. The summed E-state index contributed by atoms with van der Waals surface area (Å²) in [6, 6.07) is 0. The molecule has 0 aliphatic rings. The lowest BCUT2D eigenvalue weighted by atomic mass is 10.3. The molecule has 0 radical (unpaired) electrons. The van der Waals surface area contributed by atoms with Crippen molar-refractivity contribution in [2.75, 3.05) is 0 Å². The molecule has 0 aromatic carbocycles. The number of aryl methyl sites for hydroxylation is 2. The van der Waals surface area contributed by atoms with Crippen molar-refractivity contribution >= 4 is 6.08 Å². The molecule has 0 atom stereocenters. The maximum absolute atomic E-state index is 4.32. The minimum atomic E-state index is 0.905. The Morgan fingerprint density at radius 2 is 2.17 bits per heavy atom. The predicted molar refractivity (Wildman–Crippen MR) is 51.9 cm³/mol. The van der Waals surface area contributed by atoms with Crippen molar-refractivity contribution in [3.8, 4) is 0 Å². The van der Waals surface area contributed by atoms with E-state index in [0.29, 0.717) is 0 Å². The highest BCUT2D eigenvalue weighted by atomic mass is 14.9. The van der Waals surface area contributed by atoms with Crippen LogP contribution in [0.4, 0.5) is 0 Å². The Balaban J connectivity index is 2.97. The topological polar surface area (TPSA) is 28.7 Å². The lowest BCUT2D eigenvalue weighted by molar-refractivity contribution is 1.22. The fraction of sp³-hybridized carbons (Fsp3) is 0.300. The molecule has 12 heavy (non-hydrogen) atoms. The van der Waals surface area contributed by atoms with E-state index in [1.54, 1.807) is 0 Å². The first kappa shape index (κ1) is 8.78. The first-order valence-electron chi connectivity index (χ1n) is 3.97. The molecule has 0 bridgehead atoms. The van der Waals surface area contributed by atoms with E-state index >= 15 is 0 Å². The van der Waals surface area contributed by atoms with Gasteiger partial charge < -0.3 is 4.98 Å². The summed E-state index contributed by atoms with van der Waals surface area (Å²) >= 11 is 0. The molecule has 64 valence electrons. The quantitative estimate of drug-likeness (QED) is 0.665. The number of H-pyrrole nitrogens is 1. The summed E-state index contributed by atoms with van der Waals surface area (Å²) in [6.07, 6.45) is 3.79. The van der Waals surface area contributed by atoms with Crippen molar-refractivity contribution in [2.45, 2.75) is 20.8 Å². The van der Waals surface area contributed by atoms with Gasteiger partial charge in [0.2, 0.25) is 0 Å². The molecule has 1 N–H and O–H groups in total. The summed E-state index contributed by atoms with van der Waals surface area (Å²) < 4.78 is 0. The minimum Gasteiger partial charge on any atom is -0.342 e. The molecule has 0 amide bonds. The van der Waals surface area contributed by atoms with Crippen LogP contribution in [0.3, 0.4) is 0 Å². The number of nitrogens with zero attached hydrogens (tertiary/aromatic N) is 1. The average molecular weight is 162 g/mol. The molecule has 0 saturated carbocycles. The fourth-order valence-corrected chi connectivity index (χ4v) is 0.918.